The minimum atomic E-state index is -2.19. The normalized spacial score (nSPS) is 21.0. The Morgan fingerprint density at radius 2 is 1.81 bits per heavy atom. The number of hydrogen-bond donors (Lipinski definition) is 1. The summed E-state index contributed by atoms with van der Waals surface area (Å²) >= 11 is -2.19. The van der Waals surface area contributed by atoms with E-state index in [1.807, 2.05) is 23.2 Å². The van der Waals surface area contributed by atoms with Crippen molar-refractivity contribution in [3.63, 3.8) is 0 Å². The lowest BCUT2D eigenvalue weighted by molar-refractivity contribution is -0.162. The van der Waals surface area contributed by atoms with Crippen LogP contribution in [0.3, 0.4) is 0 Å². The van der Waals surface area contributed by atoms with E-state index in [-0.39, 0.29) is 0 Å². The van der Waals surface area contributed by atoms with Crippen molar-refractivity contribution in [3.05, 3.63) is 48.8 Å². The number of methoxy groups -OCH3 is 1. The number of pyridine rings is 1. The molecule has 0 spiro atoms. The minimum absolute atomic E-state index is 0.381. The van der Waals surface area contributed by atoms with E-state index < -0.39 is 27.8 Å². The first-order chi connectivity index (χ1) is 15.5. The molecule has 0 saturated carbocycles. The topological polar surface area (TPSA) is 92.2 Å². The van der Waals surface area contributed by atoms with Crippen LogP contribution in [0.25, 0.3) is 11.1 Å². The zero-order chi connectivity index (χ0) is 22.6. The number of anilines is 1. The molecule has 1 N–H and O–H groups in total. The highest BCUT2D eigenvalue weighted by molar-refractivity contribution is 7.79. The number of benzene rings is 1. The maximum atomic E-state index is 12.7. The van der Waals surface area contributed by atoms with Crippen molar-refractivity contribution in [2.24, 2.45) is 5.41 Å². The summed E-state index contributed by atoms with van der Waals surface area (Å²) in [5, 5.41) is -0.811. The van der Waals surface area contributed by atoms with Crippen LogP contribution in [0.2, 0.25) is 0 Å². The van der Waals surface area contributed by atoms with Crippen LogP contribution in [-0.2, 0) is 25.3 Å². The van der Waals surface area contributed by atoms with Gasteiger partial charge in [-0.05, 0) is 42.2 Å². The monoisotopic (exact) mass is 459 g/mol. The van der Waals surface area contributed by atoms with Gasteiger partial charge in [-0.2, -0.15) is 0 Å². The molecule has 0 aliphatic carbocycles. The summed E-state index contributed by atoms with van der Waals surface area (Å²) in [6, 6.07) is 12.3. The Bertz CT molecular complexity index is 926. The molecule has 0 bridgehead atoms. The van der Waals surface area contributed by atoms with E-state index in [1.165, 1.54) is 7.11 Å². The van der Waals surface area contributed by atoms with Crippen molar-refractivity contribution < 1.29 is 23.0 Å². The standard InChI is InChI=1S/C23H29N3O5S/c1-30-22(27)23(8-15-31-16-9-23)21(32(28)29)26-13-11-25(12-14-26)20-6-4-18(5-7-20)19-3-2-10-24-17-19/h2-7,10,17,21H,8-9,11-16H2,1H3,(H,28,29). The first-order valence-electron chi connectivity index (χ1n) is 10.8. The predicted molar refractivity (Wildman–Crippen MR) is 123 cm³/mol. The summed E-state index contributed by atoms with van der Waals surface area (Å²) < 4.78 is 33.2. The average molecular weight is 460 g/mol. The second-order valence-corrected chi connectivity index (χ2v) is 9.20. The fourth-order valence-corrected chi connectivity index (χ4v) is 5.96. The number of rotatable bonds is 6. The Morgan fingerprint density at radius 3 is 2.38 bits per heavy atom. The number of nitrogens with zero attached hydrogens (tertiary/aromatic N) is 3. The summed E-state index contributed by atoms with van der Waals surface area (Å²) in [5.41, 5.74) is 2.25. The van der Waals surface area contributed by atoms with Gasteiger partial charge in [-0.1, -0.05) is 18.2 Å². The first kappa shape index (κ1) is 22.8. The molecule has 172 valence electrons. The van der Waals surface area contributed by atoms with Gasteiger partial charge in [-0.25, -0.2) is 4.21 Å². The van der Waals surface area contributed by atoms with Crippen LogP contribution in [0.4, 0.5) is 5.69 Å². The number of ether oxygens (including phenoxy) is 2. The second kappa shape index (κ2) is 10.1. The molecule has 9 heteroatoms. The van der Waals surface area contributed by atoms with E-state index in [0.29, 0.717) is 52.2 Å². The average Bonchev–Trinajstić information content (AvgIpc) is 2.85. The van der Waals surface area contributed by atoms with Crippen LogP contribution in [0.15, 0.2) is 48.8 Å². The van der Waals surface area contributed by atoms with Crippen molar-refractivity contribution in [3.8, 4) is 11.1 Å². The smallest absolute Gasteiger partial charge is 0.314 e. The van der Waals surface area contributed by atoms with E-state index >= 15 is 0 Å². The van der Waals surface area contributed by atoms with Gasteiger partial charge in [0.05, 0.1) is 7.11 Å². The zero-order valence-electron chi connectivity index (χ0n) is 18.2. The van der Waals surface area contributed by atoms with Crippen molar-refractivity contribution in [1.29, 1.82) is 0 Å². The summed E-state index contributed by atoms with van der Waals surface area (Å²) in [6.45, 7) is 3.33. The molecule has 2 aliphatic heterocycles. The lowest BCUT2D eigenvalue weighted by Crippen LogP contribution is -2.61. The van der Waals surface area contributed by atoms with Crippen LogP contribution < -0.4 is 4.90 Å². The van der Waals surface area contributed by atoms with Crippen molar-refractivity contribution in [2.75, 3.05) is 51.4 Å². The number of carbonyl (C=O) groups is 1. The van der Waals surface area contributed by atoms with Crippen LogP contribution >= 0.6 is 0 Å². The van der Waals surface area contributed by atoms with Gasteiger partial charge in [-0.3, -0.25) is 14.7 Å². The Kier molecular flexibility index (Phi) is 7.20. The first-order valence-corrected chi connectivity index (χ1v) is 12.0. The molecule has 4 rings (SSSR count). The molecule has 8 nitrogen and oxygen atoms in total. The van der Waals surface area contributed by atoms with Crippen LogP contribution in [0.5, 0.6) is 0 Å². The largest absolute Gasteiger partial charge is 0.469 e. The van der Waals surface area contributed by atoms with E-state index in [0.717, 1.165) is 16.8 Å². The summed E-state index contributed by atoms with van der Waals surface area (Å²) in [6.07, 6.45) is 4.37. The molecular weight excluding hydrogens is 430 g/mol. The fraction of sp³-hybridized carbons (Fsp3) is 0.478. The van der Waals surface area contributed by atoms with E-state index in [9.17, 15) is 13.6 Å². The molecule has 0 amide bonds. The van der Waals surface area contributed by atoms with Crippen molar-refractivity contribution in [1.82, 2.24) is 9.88 Å². The molecule has 1 aromatic carbocycles. The molecule has 2 atom stereocenters. The summed E-state index contributed by atoms with van der Waals surface area (Å²) in [4.78, 5) is 21.2. The predicted octanol–water partition coefficient (Wildman–Crippen LogP) is 2.39. The lowest BCUT2D eigenvalue weighted by Gasteiger charge is -2.46. The molecule has 1 aromatic heterocycles. The van der Waals surface area contributed by atoms with Crippen LogP contribution in [0.1, 0.15) is 12.8 Å². The van der Waals surface area contributed by atoms with Crippen LogP contribution in [0, 0.1) is 5.41 Å². The highest BCUT2D eigenvalue weighted by Crippen LogP contribution is 2.40. The van der Waals surface area contributed by atoms with Crippen LogP contribution in [-0.4, -0.2) is 76.5 Å². The lowest BCUT2D eigenvalue weighted by atomic mass is 9.79. The van der Waals surface area contributed by atoms with Gasteiger partial charge in [0.1, 0.15) is 10.8 Å². The molecule has 2 unspecified atom stereocenters. The molecule has 2 aromatic rings. The Balaban J connectivity index is 1.46. The molecule has 3 heterocycles. The van der Waals surface area contributed by atoms with Gasteiger partial charge in [0.2, 0.25) is 0 Å². The Morgan fingerprint density at radius 1 is 1.12 bits per heavy atom. The van der Waals surface area contributed by atoms with Gasteiger partial charge >= 0.3 is 5.97 Å². The zero-order valence-corrected chi connectivity index (χ0v) is 19.0. The third-order valence-corrected chi connectivity index (χ3v) is 7.65. The van der Waals surface area contributed by atoms with E-state index in [1.54, 1.807) is 6.20 Å². The van der Waals surface area contributed by atoms with Gasteiger partial charge in [0, 0.05) is 57.5 Å². The van der Waals surface area contributed by atoms with E-state index in [4.69, 9.17) is 9.47 Å². The highest BCUT2D eigenvalue weighted by atomic mass is 32.2. The third-order valence-electron chi connectivity index (χ3n) is 6.51. The highest BCUT2D eigenvalue weighted by Gasteiger charge is 2.53. The molecule has 2 saturated heterocycles. The maximum absolute atomic E-state index is 12.7. The number of aromatic nitrogens is 1. The number of hydrogen-bond acceptors (Lipinski definition) is 7. The summed E-state index contributed by atoms with van der Waals surface area (Å²) in [5.74, 6) is -0.429. The molecule has 2 fully saturated rings. The molecule has 32 heavy (non-hydrogen) atoms. The third kappa shape index (κ3) is 4.56. The van der Waals surface area contributed by atoms with Gasteiger partial charge in [0.15, 0.2) is 11.1 Å². The summed E-state index contributed by atoms with van der Waals surface area (Å²) in [7, 11) is 1.34. The number of esters is 1. The number of carbonyl (C=O) groups excluding carboxylic acids is 1. The maximum Gasteiger partial charge on any atom is 0.314 e. The van der Waals surface area contributed by atoms with Gasteiger partial charge in [0.25, 0.3) is 0 Å². The van der Waals surface area contributed by atoms with Crippen molar-refractivity contribution >= 4 is 22.7 Å². The number of piperazine rings is 1. The second-order valence-electron chi connectivity index (χ2n) is 8.20. The molecule has 2 aliphatic rings. The minimum Gasteiger partial charge on any atom is -0.469 e. The molecular formula is C23H29N3O5S. The Labute approximate surface area is 190 Å². The Hall–Kier alpha value is -2.33. The fourth-order valence-electron chi connectivity index (χ4n) is 4.77. The quantitative estimate of drug-likeness (QED) is 0.520. The van der Waals surface area contributed by atoms with Gasteiger partial charge < -0.3 is 18.9 Å². The van der Waals surface area contributed by atoms with E-state index in [2.05, 4.69) is 34.1 Å². The van der Waals surface area contributed by atoms with Crippen molar-refractivity contribution in [2.45, 2.75) is 18.2 Å². The SMILES string of the molecule is COC(=O)C1(C(N2CCN(c3ccc(-c4cccnc4)cc3)CC2)S(=O)O)CCOCC1. The molecule has 0 radical (unpaired) electrons. The van der Waals surface area contributed by atoms with Gasteiger partial charge in [-0.15, -0.1) is 0 Å².